The molecule has 0 aliphatic carbocycles. The zero-order valence-corrected chi connectivity index (χ0v) is 11.4. The molecule has 4 nitrogen and oxygen atoms in total. The summed E-state index contributed by atoms with van der Waals surface area (Å²) in [5.41, 5.74) is 5.25. The van der Waals surface area contributed by atoms with Crippen LogP contribution in [0.2, 0.25) is 5.02 Å². The van der Waals surface area contributed by atoms with E-state index in [-0.39, 0.29) is 0 Å². The summed E-state index contributed by atoms with van der Waals surface area (Å²) in [5.74, 6) is 1.12. The van der Waals surface area contributed by atoms with Crippen LogP contribution < -0.4 is 10.5 Å². The van der Waals surface area contributed by atoms with Crippen molar-refractivity contribution in [2.24, 2.45) is 0 Å². The molecule has 0 unspecified atom stereocenters. The quantitative estimate of drug-likeness (QED) is 0.878. The van der Waals surface area contributed by atoms with E-state index in [9.17, 15) is 0 Å². The first kappa shape index (κ1) is 13.7. The Labute approximate surface area is 113 Å². The van der Waals surface area contributed by atoms with E-state index in [0.717, 1.165) is 4.47 Å². The van der Waals surface area contributed by atoms with Gasteiger partial charge >= 0.3 is 0 Å². The van der Waals surface area contributed by atoms with Gasteiger partial charge in [-0.05, 0) is 34.1 Å². The highest BCUT2D eigenvalue weighted by atomic mass is 79.9. The van der Waals surface area contributed by atoms with Crippen LogP contribution in [-0.4, -0.2) is 17.1 Å². The van der Waals surface area contributed by atoms with E-state index in [1.165, 1.54) is 6.20 Å². The lowest BCUT2D eigenvalue weighted by Crippen LogP contribution is -1.87. The summed E-state index contributed by atoms with van der Waals surface area (Å²) in [5, 5.41) is 0.590. The molecule has 2 rings (SSSR count). The molecule has 90 valence electrons. The van der Waals surface area contributed by atoms with Crippen LogP contribution in [-0.2, 0) is 0 Å². The number of nitrogens with two attached hydrogens (primary N) is 1. The molecule has 0 amide bonds. The van der Waals surface area contributed by atoms with Gasteiger partial charge in [0.05, 0.1) is 16.6 Å². The minimum Gasteiger partial charge on any atom is -0.480 e. The molecule has 2 aromatic rings. The van der Waals surface area contributed by atoms with Gasteiger partial charge in [-0.15, -0.1) is 0 Å². The van der Waals surface area contributed by atoms with Crippen molar-refractivity contribution in [1.29, 1.82) is 0 Å². The lowest BCUT2D eigenvalue weighted by atomic mass is 10.5. The monoisotopic (exact) mass is 315 g/mol. The second kappa shape index (κ2) is 7.09. The van der Waals surface area contributed by atoms with Gasteiger partial charge < -0.3 is 10.5 Å². The first-order valence-electron chi connectivity index (χ1n) is 4.65. The molecule has 0 aliphatic rings. The van der Waals surface area contributed by atoms with Crippen molar-refractivity contribution in [3.05, 3.63) is 46.2 Å². The third-order valence-electron chi connectivity index (χ3n) is 1.66. The normalized spacial score (nSPS) is 9.12. The number of anilines is 1. The summed E-state index contributed by atoms with van der Waals surface area (Å²) < 4.78 is 5.65. The fourth-order valence-corrected chi connectivity index (χ4v) is 1.73. The Hall–Kier alpha value is -1.33. The fourth-order valence-electron chi connectivity index (χ4n) is 0.928. The third kappa shape index (κ3) is 5.01. The van der Waals surface area contributed by atoms with E-state index < -0.39 is 0 Å². The zero-order valence-electron chi connectivity index (χ0n) is 9.10. The number of halogens is 2. The Morgan fingerprint density at radius 1 is 1.35 bits per heavy atom. The van der Waals surface area contributed by atoms with E-state index in [2.05, 4.69) is 25.9 Å². The Bertz CT molecular complexity index is 468. The Morgan fingerprint density at radius 2 is 2.12 bits per heavy atom. The minimum atomic E-state index is 0.546. The zero-order chi connectivity index (χ0) is 12.7. The van der Waals surface area contributed by atoms with Crippen LogP contribution in [0.15, 0.2) is 41.1 Å². The van der Waals surface area contributed by atoms with Gasteiger partial charge in [0, 0.05) is 12.4 Å². The molecule has 0 saturated carbocycles. The SMILES string of the molecule is COc1ncc(Cl)cc1Br.Nc1ccccn1. The second-order valence-electron chi connectivity index (χ2n) is 2.90. The molecular weight excluding hydrogens is 305 g/mol. The largest absolute Gasteiger partial charge is 0.480 e. The molecule has 0 atom stereocenters. The van der Waals surface area contributed by atoms with Crippen molar-refractivity contribution in [3.8, 4) is 5.88 Å². The Morgan fingerprint density at radius 3 is 2.53 bits per heavy atom. The predicted molar refractivity (Wildman–Crippen MR) is 72.1 cm³/mol. The standard InChI is InChI=1S/C6H5BrClNO.C5H6N2/c1-10-6-5(7)2-4(8)3-9-6;6-5-3-1-2-4-7-5/h2-3H,1H3;1-4H,(H2,6,7). The highest BCUT2D eigenvalue weighted by Gasteiger charge is 1.99. The van der Waals surface area contributed by atoms with Crippen LogP contribution in [0.4, 0.5) is 5.82 Å². The summed E-state index contributed by atoms with van der Waals surface area (Å²) in [6, 6.07) is 7.16. The van der Waals surface area contributed by atoms with Crippen LogP contribution in [0.1, 0.15) is 0 Å². The van der Waals surface area contributed by atoms with Gasteiger partial charge in [0.15, 0.2) is 0 Å². The van der Waals surface area contributed by atoms with E-state index >= 15 is 0 Å². The van der Waals surface area contributed by atoms with Crippen molar-refractivity contribution in [2.45, 2.75) is 0 Å². The molecule has 0 saturated heterocycles. The third-order valence-corrected chi connectivity index (χ3v) is 2.43. The molecule has 0 spiro atoms. The number of methoxy groups -OCH3 is 1. The first-order valence-corrected chi connectivity index (χ1v) is 5.82. The molecule has 0 aliphatic heterocycles. The summed E-state index contributed by atoms with van der Waals surface area (Å²) in [6.45, 7) is 0. The molecule has 2 aromatic heterocycles. The van der Waals surface area contributed by atoms with Gasteiger partial charge in [0.1, 0.15) is 5.82 Å². The number of aromatic nitrogens is 2. The molecule has 0 fully saturated rings. The maximum absolute atomic E-state index is 5.63. The second-order valence-corrected chi connectivity index (χ2v) is 4.19. The van der Waals surface area contributed by atoms with Crippen molar-refractivity contribution in [1.82, 2.24) is 9.97 Å². The summed E-state index contributed by atoms with van der Waals surface area (Å²) in [7, 11) is 1.56. The van der Waals surface area contributed by atoms with Crippen LogP contribution in [0, 0.1) is 0 Å². The molecule has 6 heteroatoms. The minimum absolute atomic E-state index is 0.546. The highest BCUT2D eigenvalue weighted by molar-refractivity contribution is 9.10. The molecule has 0 bridgehead atoms. The molecule has 17 heavy (non-hydrogen) atoms. The van der Waals surface area contributed by atoms with Crippen LogP contribution >= 0.6 is 27.5 Å². The molecule has 0 radical (unpaired) electrons. The average molecular weight is 317 g/mol. The number of pyridine rings is 2. The molecule has 2 N–H and O–H groups in total. The smallest absolute Gasteiger partial charge is 0.227 e. The van der Waals surface area contributed by atoms with E-state index in [0.29, 0.717) is 16.7 Å². The summed E-state index contributed by atoms with van der Waals surface area (Å²) >= 11 is 8.86. The Kier molecular flexibility index (Phi) is 5.72. The lowest BCUT2D eigenvalue weighted by Gasteiger charge is -1.99. The van der Waals surface area contributed by atoms with Crippen molar-refractivity contribution in [3.63, 3.8) is 0 Å². The van der Waals surface area contributed by atoms with Gasteiger partial charge in [-0.2, -0.15) is 0 Å². The van der Waals surface area contributed by atoms with Gasteiger partial charge in [-0.1, -0.05) is 17.7 Å². The number of ether oxygens (including phenoxy) is 1. The predicted octanol–water partition coefficient (Wildman–Crippen LogP) is 3.17. The molecule has 2 heterocycles. The average Bonchev–Trinajstić information content (AvgIpc) is 2.31. The van der Waals surface area contributed by atoms with Crippen molar-refractivity contribution >= 4 is 33.3 Å². The number of rotatable bonds is 1. The molecular formula is C11H11BrClN3O. The van der Waals surface area contributed by atoms with E-state index in [1.807, 2.05) is 12.1 Å². The fraction of sp³-hybridized carbons (Fsp3) is 0.0909. The topological polar surface area (TPSA) is 61.0 Å². The number of hydrogen-bond donors (Lipinski definition) is 1. The maximum Gasteiger partial charge on any atom is 0.227 e. The highest BCUT2D eigenvalue weighted by Crippen LogP contribution is 2.24. The maximum atomic E-state index is 5.63. The van der Waals surface area contributed by atoms with Gasteiger partial charge in [0.25, 0.3) is 0 Å². The van der Waals surface area contributed by atoms with Crippen LogP contribution in [0.3, 0.4) is 0 Å². The van der Waals surface area contributed by atoms with E-state index in [4.69, 9.17) is 22.1 Å². The number of hydrogen-bond acceptors (Lipinski definition) is 4. The van der Waals surface area contributed by atoms with Crippen molar-refractivity contribution in [2.75, 3.05) is 12.8 Å². The number of nitrogens with zero attached hydrogens (tertiary/aromatic N) is 2. The summed E-state index contributed by atoms with van der Waals surface area (Å²) in [4.78, 5) is 7.65. The van der Waals surface area contributed by atoms with Gasteiger partial charge in [0.2, 0.25) is 5.88 Å². The van der Waals surface area contributed by atoms with Crippen molar-refractivity contribution < 1.29 is 4.74 Å². The van der Waals surface area contributed by atoms with Crippen LogP contribution in [0.25, 0.3) is 0 Å². The number of nitrogen functional groups attached to an aromatic ring is 1. The van der Waals surface area contributed by atoms with Gasteiger partial charge in [-0.25, -0.2) is 9.97 Å². The Balaban J connectivity index is 0.000000181. The van der Waals surface area contributed by atoms with E-state index in [1.54, 1.807) is 25.4 Å². The van der Waals surface area contributed by atoms with Gasteiger partial charge in [-0.3, -0.25) is 0 Å². The summed E-state index contributed by atoms with van der Waals surface area (Å²) in [6.07, 6.45) is 3.19. The molecule has 0 aromatic carbocycles. The van der Waals surface area contributed by atoms with Crippen LogP contribution in [0.5, 0.6) is 5.88 Å². The first-order chi connectivity index (χ1) is 8.13. The lowest BCUT2D eigenvalue weighted by molar-refractivity contribution is 0.395.